The fourth-order valence-corrected chi connectivity index (χ4v) is 2.13. The SMILES string of the molecule is C=C(F)COc1ccc(Cl)cc1C1CC1NC. The van der Waals surface area contributed by atoms with Crippen LogP contribution in [0.25, 0.3) is 0 Å². The summed E-state index contributed by atoms with van der Waals surface area (Å²) in [4.78, 5) is 0. The third kappa shape index (κ3) is 2.99. The van der Waals surface area contributed by atoms with E-state index in [4.69, 9.17) is 16.3 Å². The van der Waals surface area contributed by atoms with Crippen LogP contribution in [0.4, 0.5) is 4.39 Å². The lowest BCUT2D eigenvalue weighted by Crippen LogP contribution is -2.10. The van der Waals surface area contributed by atoms with Gasteiger partial charge in [0.05, 0.1) is 0 Å². The molecular formula is C13H15ClFNO. The van der Waals surface area contributed by atoms with Gasteiger partial charge in [0.15, 0.2) is 0 Å². The van der Waals surface area contributed by atoms with Crippen LogP contribution in [-0.2, 0) is 0 Å². The molecule has 0 spiro atoms. The molecule has 1 saturated carbocycles. The van der Waals surface area contributed by atoms with Gasteiger partial charge in [0.25, 0.3) is 0 Å². The Kier molecular flexibility index (Phi) is 3.69. The lowest BCUT2D eigenvalue weighted by molar-refractivity contribution is 0.317. The number of halogens is 2. The van der Waals surface area contributed by atoms with Crippen molar-refractivity contribution in [3.05, 3.63) is 41.2 Å². The van der Waals surface area contributed by atoms with Crippen LogP contribution < -0.4 is 10.1 Å². The molecule has 0 radical (unpaired) electrons. The quantitative estimate of drug-likeness (QED) is 0.872. The molecule has 92 valence electrons. The van der Waals surface area contributed by atoms with Gasteiger partial charge in [-0.05, 0) is 31.7 Å². The van der Waals surface area contributed by atoms with Crippen molar-refractivity contribution in [2.45, 2.75) is 18.4 Å². The van der Waals surface area contributed by atoms with E-state index in [2.05, 4.69) is 11.9 Å². The highest BCUT2D eigenvalue weighted by atomic mass is 35.5. The summed E-state index contributed by atoms with van der Waals surface area (Å²) in [5.74, 6) is 0.615. The van der Waals surface area contributed by atoms with Gasteiger partial charge in [-0.15, -0.1) is 0 Å². The van der Waals surface area contributed by atoms with E-state index in [0.29, 0.717) is 22.7 Å². The summed E-state index contributed by atoms with van der Waals surface area (Å²) in [7, 11) is 1.93. The zero-order valence-corrected chi connectivity index (χ0v) is 10.4. The first-order valence-corrected chi connectivity index (χ1v) is 5.92. The minimum Gasteiger partial charge on any atom is -0.486 e. The maximum absolute atomic E-state index is 12.6. The van der Waals surface area contributed by atoms with Crippen LogP contribution in [0.1, 0.15) is 17.9 Å². The van der Waals surface area contributed by atoms with E-state index >= 15 is 0 Å². The van der Waals surface area contributed by atoms with E-state index in [1.54, 1.807) is 12.1 Å². The Morgan fingerprint density at radius 3 is 3.00 bits per heavy atom. The lowest BCUT2D eigenvalue weighted by Gasteiger charge is -2.11. The Morgan fingerprint density at radius 1 is 1.65 bits per heavy atom. The van der Waals surface area contributed by atoms with Gasteiger partial charge < -0.3 is 10.1 Å². The summed E-state index contributed by atoms with van der Waals surface area (Å²) in [6.45, 7) is 3.07. The maximum Gasteiger partial charge on any atom is 0.139 e. The topological polar surface area (TPSA) is 21.3 Å². The third-order valence-electron chi connectivity index (χ3n) is 2.92. The standard InChI is InChI=1S/C13H15ClFNO/c1-8(15)7-17-13-4-3-9(14)5-11(13)10-6-12(10)16-2/h3-5,10,12,16H,1,6-7H2,2H3. The normalized spacial score (nSPS) is 22.3. The van der Waals surface area contributed by atoms with Crippen LogP contribution in [-0.4, -0.2) is 19.7 Å². The van der Waals surface area contributed by atoms with Crippen molar-refractivity contribution in [3.63, 3.8) is 0 Å². The Hall–Kier alpha value is -1.06. The van der Waals surface area contributed by atoms with E-state index in [9.17, 15) is 4.39 Å². The first-order valence-electron chi connectivity index (χ1n) is 5.54. The maximum atomic E-state index is 12.6. The van der Waals surface area contributed by atoms with Gasteiger partial charge in [0, 0.05) is 22.5 Å². The summed E-state index contributed by atoms with van der Waals surface area (Å²) >= 11 is 5.97. The molecule has 1 fully saturated rings. The van der Waals surface area contributed by atoms with Crippen molar-refractivity contribution >= 4 is 11.6 Å². The number of ether oxygens (including phenoxy) is 1. The molecular weight excluding hydrogens is 241 g/mol. The molecule has 1 aromatic rings. The van der Waals surface area contributed by atoms with E-state index in [1.807, 2.05) is 13.1 Å². The first-order chi connectivity index (χ1) is 8.11. The molecule has 2 atom stereocenters. The molecule has 1 N–H and O–H groups in total. The lowest BCUT2D eigenvalue weighted by atomic mass is 10.1. The second-order valence-corrected chi connectivity index (χ2v) is 4.66. The number of hydrogen-bond acceptors (Lipinski definition) is 2. The monoisotopic (exact) mass is 255 g/mol. The third-order valence-corrected chi connectivity index (χ3v) is 3.15. The van der Waals surface area contributed by atoms with Crippen LogP contribution in [0.5, 0.6) is 5.75 Å². The number of rotatable bonds is 5. The molecule has 0 heterocycles. The van der Waals surface area contributed by atoms with Crippen LogP contribution in [0, 0.1) is 0 Å². The highest BCUT2D eigenvalue weighted by molar-refractivity contribution is 6.30. The molecule has 0 saturated heterocycles. The Labute approximate surface area is 105 Å². The largest absolute Gasteiger partial charge is 0.486 e. The van der Waals surface area contributed by atoms with Crippen molar-refractivity contribution < 1.29 is 9.13 Å². The summed E-state index contributed by atoms with van der Waals surface area (Å²) in [5.41, 5.74) is 1.04. The Balaban J connectivity index is 2.16. The van der Waals surface area contributed by atoms with Gasteiger partial charge in [0.2, 0.25) is 0 Å². The Morgan fingerprint density at radius 2 is 2.41 bits per heavy atom. The summed E-state index contributed by atoms with van der Waals surface area (Å²) in [6.07, 6.45) is 1.06. The average molecular weight is 256 g/mol. The van der Waals surface area contributed by atoms with Gasteiger partial charge in [-0.3, -0.25) is 0 Å². The molecule has 1 aliphatic carbocycles. The second-order valence-electron chi connectivity index (χ2n) is 4.23. The van der Waals surface area contributed by atoms with Crippen molar-refractivity contribution in [3.8, 4) is 5.75 Å². The molecule has 1 aliphatic rings. The van der Waals surface area contributed by atoms with Gasteiger partial charge in [0.1, 0.15) is 18.2 Å². The van der Waals surface area contributed by atoms with Gasteiger partial charge >= 0.3 is 0 Å². The van der Waals surface area contributed by atoms with Crippen LogP contribution >= 0.6 is 11.6 Å². The van der Waals surface area contributed by atoms with Crippen molar-refractivity contribution in [1.82, 2.24) is 5.32 Å². The van der Waals surface area contributed by atoms with E-state index in [-0.39, 0.29) is 6.61 Å². The van der Waals surface area contributed by atoms with Crippen LogP contribution in [0.3, 0.4) is 0 Å². The molecule has 2 unspecified atom stereocenters. The molecule has 1 aromatic carbocycles. The van der Waals surface area contributed by atoms with Crippen molar-refractivity contribution in [1.29, 1.82) is 0 Å². The first kappa shape index (κ1) is 12.4. The molecule has 0 amide bonds. The molecule has 0 bridgehead atoms. The van der Waals surface area contributed by atoms with Crippen LogP contribution in [0.2, 0.25) is 5.02 Å². The smallest absolute Gasteiger partial charge is 0.139 e. The Bertz CT molecular complexity index is 435. The summed E-state index contributed by atoms with van der Waals surface area (Å²) < 4.78 is 18.0. The molecule has 2 rings (SSSR count). The van der Waals surface area contributed by atoms with E-state index in [1.165, 1.54) is 0 Å². The number of benzene rings is 1. The zero-order valence-electron chi connectivity index (χ0n) is 9.67. The predicted octanol–water partition coefficient (Wildman–Crippen LogP) is 3.28. The molecule has 17 heavy (non-hydrogen) atoms. The predicted molar refractivity (Wildman–Crippen MR) is 67.4 cm³/mol. The summed E-state index contributed by atoms with van der Waals surface area (Å²) in [5, 5.41) is 3.88. The van der Waals surface area contributed by atoms with Crippen molar-refractivity contribution in [2.75, 3.05) is 13.7 Å². The number of likely N-dealkylation sites (N-methyl/N-ethyl adjacent to an activating group) is 1. The van der Waals surface area contributed by atoms with E-state index in [0.717, 1.165) is 12.0 Å². The minimum atomic E-state index is -0.480. The molecule has 2 nitrogen and oxygen atoms in total. The highest BCUT2D eigenvalue weighted by Crippen LogP contribution is 2.45. The van der Waals surface area contributed by atoms with E-state index < -0.39 is 5.83 Å². The van der Waals surface area contributed by atoms with Gasteiger partial charge in [-0.25, -0.2) is 4.39 Å². The fourth-order valence-electron chi connectivity index (χ4n) is 1.95. The number of hydrogen-bond donors (Lipinski definition) is 1. The van der Waals surface area contributed by atoms with Crippen LogP contribution in [0.15, 0.2) is 30.6 Å². The average Bonchev–Trinajstić information content (AvgIpc) is 3.06. The van der Waals surface area contributed by atoms with Gasteiger partial charge in [-0.2, -0.15) is 0 Å². The minimum absolute atomic E-state index is 0.106. The zero-order chi connectivity index (χ0) is 12.4. The fraction of sp³-hybridized carbons (Fsp3) is 0.385. The molecule has 0 aromatic heterocycles. The number of nitrogens with one attached hydrogen (secondary N) is 1. The van der Waals surface area contributed by atoms with Gasteiger partial charge in [-0.1, -0.05) is 18.2 Å². The van der Waals surface area contributed by atoms with Crippen molar-refractivity contribution in [2.24, 2.45) is 0 Å². The molecule has 4 heteroatoms. The molecule has 0 aliphatic heterocycles. The summed E-state index contributed by atoms with van der Waals surface area (Å²) in [6, 6.07) is 5.88. The highest BCUT2D eigenvalue weighted by Gasteiger charge is 2.38. The second kappa shape index (κ2) is 5.07.